The number of amides is 1. The van der Waals surface area contributed by atoms with Crippen molar-refractivity contribution in [3.05, 3.63) is 58.7 Å². The first-order valence-electron chi connectivity index (χ1n) is 7.82. The van der Waals surface area contributed by atoms with Gasteiger partial charge in [-0.3, -0.25) is 4.79 Å². The highest BCUT2D eigenvalue weighted by atomic mass is 16.6. The summed E-state index contributed by atoms with van der Waals surface area (Å²) in [7, 11) is 0. The third kappa shape index (κ3) is 3.31. The summed E-state index contributed by atoms with van der Waals surface area (Å²) < 4.78 is 11.1. The van der Waals surface area contributed by atoms with Crippen molar-refractivity contribution in [2.75, 3.05) is 13.2 Å². The molecule has 120 valence electrons. The van der Waals surface area contributed by atoms with Crippen molar-refractivity contribution in [3.8, 4) is 11.5 Å². The highest BCUT2D eigenvalue weighted by Gasteiger charge is 2.16. The minimum atomic E-state index is -0.111. The third-order valence-electron chi connectivity index (χ3n) is 4.18. The normalized spacial score (nSPS) is 14.2. The molecule has 1 atom stereocenters. The van der Waals surface area contributed by atoms with E-state index in [1.165, 1.54) is 5.56 Å². The Bertz CT molecular complexity index is 739. The quantitative estimate of drug-likeness (QED) is 0.942. The average molecular weight is 311 g/mol. The largest absolute Gasteiger partial charge is 0.486 e. The van der Waals surface area contributed by atoms with Crippen molar-refractivity contribution in [1.82, 2.24) is 5.32 Å². The predicted octanol–water partition coefficient (Wildman–Crippen LogP) is 3.57. The molecule has 1 aliphatic heterocycles. The van der Waals surface area contributed by atoms with Gasteiger partial charge in [-0.15, -0.1) is 0 Å². The Hall–Kier alpha value is -2.49. The van der Waals surface area contributed by atoms with Gasteiger partial charge in [-0.05, 0) is 61.7 Å². The first kappa shape index (κ1) is 15.4. The lowest BCUT2D eigenvalue weighted by Gasteiger charge is -2.21. The molecule has 2 aromatic rings. The van der Waals surface area contributed by atoms with Crippen LogP contribution in [-0.4, -0.2) is 19.1 Å². The summed E-state index contributed by atoms with van der Waals surface area (Å²) in [6, 6.07) is 11.4. The number of hydrogen-bond donors (Lipinski definition) is 1. The summed E-state index contributed by atoms with van der Waals surface area (Å²) >= 11 is 0. The van der Waals surface area contributed by atoms with Crippen molar-refractivity contribution >= 4 is 5.91 Å². The van der Waals surface area contributed by atoms with Crippen molar-refractivity contribution in [2.24, 2.45) is 0 Å². The van der Waals surface area contributed by atoms with E-state index in [-0.39, 0.29) is 11.9 Å². The second-order valence-electron chi connectivity index (χ2n) is 5.90. The molecule has 4 nitrogen and oxygen atoms in total. The summed E-state index contributed by atoms with van der Waals surface area (Å²) in [5, 5.41) is 3.03. The van der Waals surface area contributed by atoms with Gasteiger partial charge in [-0.2, -0.15) is 0 Å². The monoisotopic (exact) mass is 311 g/mol. The van der Waals surface area contributed by atoms with Gasteiger partial charge in [0.25, 0.3) is 5.91 Å². The first-order chi connectivity index (χ1) is 11.0. The van der Waals surface area contributed by atoms with E-state index < -0.39 is 0 Å². The molecule has 1 unspecified atom stereocenters. The van der Waals surface area contributed by atoms with E-state index in [1.807, 2.05) is 57.2 Å². The third-order valence-corrected chi connectivity index (χ3v) is 4.18. The van der Waals surface area contributed by atoms with Crippen LogP contribution in [0.1, 0.15) is 40.0 Å². The Morgan fingerprint density at radius 1 is 1.00 bits per heavy atom. The molecule has 4 heteroatoms. The number of rotatable bonds is 3. The van der Waals surface area contributed by atoms with E-state index in [2.05, 4.69) is 5.32 Å². The second kappa shape index (κ2) is 6.32. The molecule has 0 spiro atoms. The molecule has 0 aromatic heterocycles. The number of hydrogen-bond acceptors (Lipinski definition) is 3. The van der Waals surface area contributed by atoms with Crippen molar-refractivity contribution in [3.63, 3.8) is 0 Å². The maximum atomic E-state index is 12.4. The number of benzene rings is 2. The van der Waals surface area contributed by atoms with Crippen LogP contribution < -0.4 is 14.8 Å². The first-order valence-corrected chi connectivity index (χ1v) is 7.82. The number of carbonyl (C=O) groups is 1. The van der Waals surface area contributed by atoms with Crippen LogP contribution in [-0.2, 0) is 0 Å². The lowest BCUT2D eigenvalue weighted by Crippen LogP contribution is -2.27. The topological polar surface area (TPSA) is 47.6 Å². The van der Waals surface area contributed by atoms with E-state index in [0.29, 0.717) is 18.8 Å². The molecule has 0 saturated heterocycles. The molecule has 2 aromatic carbocycles. The van der Waals surface area contributed by atoms with Crippen molar-refractivity contribution in [1.29, 1.82) is 0 Å². The van der Waals surface area contributed by atoms with Crippen LogP contribution >= 0.6 is 0 Å². The molecule has 1 amide bonds. The molecule has 1 aliphatic rings. The van der Waals surface area contributed by atoms with Crippen molar-refractivity contribution < 1.29 is 14.3 Å². The number of nitrogens with one attached hydrogen (secondary N) is 1. The summed E-state index contributed by atoms with van der Waals surface area (Å²) in [6.45, 7) is 7.14. The molecule has 1 N–H and O–H groups in total. The van der Waals surface area contributed by atoms with Gasteiger partial charge in [-0.1, -0.05) is 12.1 Å². The minimum absolute atomic E-state index is 0.0736. The molecule has 3 rings (SSSR count). The van der Waals surface area contributed by atoms with Crippen LogP contribution in [0.5, 0.6) is 11.5 Å². The maximum absolute atomic E-state index is 12.4. The molecule has 0 aliphatic carbocycles. The van der Waals surface area contributed by atoms with E-state index >= 15 is 0 Å². The number of ether oxygens (including phenoxy) is 2. The van der Waals surface area contributed by atoms with Gasteiger partial charge in [0.1, 0.15) is 13.2 Å². The Morgan fingerprint density at radius 2 is 1.74 bits per heavy atom. The van der Waals surface area contributed by atoms with Gasteiger partial charge in [-0.25, -0.2) is 0 Å². The number of aryl methyl sites for hydroxylation is 2. The van der Waals surface area contributed by atoms with Crippen molar-refractivity contribution in [2.45, 2.75) is 26.8 Å². The van der Waals surface area contributed by atoms with Gasteiger partial charge in [0.05, 0.1) is 6.04 Å². The smallest absolute Gasteiger partial charge is 0.251 e. The predicted molar refractivity (Wildman–Crippen MR) is 89.2 cm³/mol. The van der Waals surface area contributed by atoms with Crippen LogP contribution in [0.25, 0.3) is 0 Å². The molecule has 0 radical (unpaired) electrons. The Morgan fingerprint density at radius 3 is 2.48 bits per heavy atom. The Labute approximate surface area is 136 Å². The molecule has 0 bridgehead atoms. The minimum Gasteiger partial charge on any atom is -0.486 e. The van der Waals surface area contributed by atoms with E-state index in [9.17, 15) is 4.79 Å². The number of fused-ring (bicyclic) bond motifs is 1. The highest BCUT2D eigenvalue weighted by Crippen LogP contribution is 2.32. The Kier molecular flexibility index (Phi) is 4.24. The molecule has 0 fully saturated rings. The molecule has 1 heterocycles. The zero-order valence-electron chi connectivity index (χ0n) is 13.7. The van der Waals surface area contributed by atoms with Gasteiger partial charge >= 0.3 is 0 Å². The van der Waals surface area contributed by atoms with E-state index in [0.717, 1.165) is 22.6 Å². The van der Waals surface area contributed by atoms with Crippen LogP contribution in [0.2, 0.25) is 0 Å². The molecular weight excluding hydrogens is 290 g/mol. The Balaban J connectivity index is 1.74. The fourth-order valence-corrected chi connectivity index (χ4v) is 2.58. The summed E-state index contributed by atoms with van der Waals surface area (Å²) in [6.07, 6.45) is 0. The van der Waals surface area contributed by atoms with Crippen LogP contribution in [0, 0.1) is 13.8 Å². The SMILES string of the molecule is Cc1ccc(C(=O)NC(C)c2ccc3c(c2)OCCO3)cc1C. The average Bonchev–Trinajstić information content (AvgIpc) is 2.56. The van der Waals surface area contributed by atoms with Crippen LogP contribution in [0.4, 0.5) is 0 Å². The zero-order valence-corrected chi connectivity index (χ0v) is 13.7. The zero-order chi connectivity index (χ0) is 16.4. The summed E-state index contributed by atoms with van der Waals surface area (Å²) in [5.41, 5.74) is 3.97. The summed E-state index contributed by atoms with van der Waals surface area (Å²) in [4.78, 5) is 12.4. The van der Waals surface area contributed by atoms with E-state index in [4.69, 9.17) is 9.47 Å². The highest BCUT2D eigenvalue weighted by molar-refractivity contribution is 5.94. The van der Waals surface area contributed by atoms with E-state index in [1.54, 1.807) is 0 Å². The molecule has 0 saturated carbocycles. The number of carbonyl (C=O) groups excluding carboxylic acids is 1. The maximum Gasteiger partial charge on any atom is 0.251 e. The fourth-order valence-electron chi connectivity index (χ4n) is 2.58. The van der Waals surface area contributed by atoms with Gasteiger partial charge in [0.15, 0.2) is 11.5 Å². The van der Waals surface area contributed by atoms with Gasteiger partial charge in [0, 0.05) is 5.56 Å². The lowest BCUT2D eigenvalue weighted by atomic mass is 10.0. The van der Waals surface area contributed by atoms with Crippen LogP contribution in [0.15, 0.2) is 36.4 Å². The molecule has 23 heavy (non-hydrogen) atoms. The molecular formula is C19H21NO3. The fraction of sp³-hybridized carbons (Fsp3) is 0.316. The standard InChI is InChI=1S/C19H21NO3/c1-12-4-5-16(10-13(12)2)19(21)20-14(3)15-6-7-17-18(11-15)23-9-8-22-17/h4-7,10-11,14H,8-9H2,1-3H3,(H,20,21). The lowest BCUT2D eigenvalue weighted by molar-refractivity contribution is 0.0939. The summed E-state index contributed by atoms with van der Waals surface area (Å²) in [5.74, 6) is 1.42. The second-order valence-corrected chi connectivity index (χ2v) is 5.90. The van der Waals surface area contributed by atoms with Gasteiger partial charge in [0.2, 0.25) is 0 Å². The van der Waals surface area contributed by atoms with Crippen LogP contribution in [0.3, 0.4) is 0 Å². The van der Waals surface area contributed by atoms with Gasteiger partial charge < -0.3 is 14.8 Å².